The number of carbonyl (C=O) groups excluding carboxylic acids is 1. The predicted octanol–water partition coefficient (Wildman–Crippen LogP) is 4.48. The Balaban J connectivity index is 1.22. The number of likely N-dealkylation sites (tertiary alicyclic amines) is 1. The number of carbonyl (C=O) groups is 1. The van der Waals surface area contributed by atoms with Gasteiger partial charge in [0, 0.05) is 12.1 Å². The molecule has 0 saturated carbocycles. The Morgan fingerprint density at radius 2 is 1.82 bits per heavy atom. The molecule has 168 valence electrons. The van der Waals surface area contributed by atoms with Crippen LogP contribution in [0.1, 0.15) is 36.0 Å². The molecule has 4 aromatic rings. The first-order chi connectivity index (χ1) is 16.2. The lowest BCUT2D eigenvalue weighted by molar-refractivity contribution is -0.127. The van der Waals surface area contributed by atoms with Crippen LogP contribution in [-0.2, 0) is 11.3 Å². The molecule has 0 bridgehead atoms. The van der Waals surface area contributed by atoms with Crippen LogP contribution in [-0.4, -0.2) is 33.9 Å². The molecule has 3 heterocycles. The van der Waals surface area contributed by atoms with E-state index in [0.717, 1.165) is 48.3 Å². The molecule has 1 N–H and O–H groups in total. The zero-order valence-electron chi connectivity index (χ0n) is 18.2. The van der Waals surface area contributed by atoms with Crippen molar-refractivity contribution in [3.63, 3.8) is 0 Å². The highest BCUT2D eigenvalue weighted by Crippen LogP contribution is 2.25. The monoisotopic (exact) mass is 444 g/mol. The Bertz CT molecular complexity index is 1190. The number of halogens is 1. The standard InChI is InChI=1S/C26H25FN4O2/c27-20-10-8-18(9-11-20)25(22-6-3-4-14-28-22)30-26(32)19-12-15-31(16-13-19)17-24-29-21-5-1-2-7-23(21)33-24/h1-11,14,19,25H,12-13,15-17H2,(H,30,32)/t25-/m1/s1. The van der Waals surface area contributed by atoms with Crippen molar-refractivity contribution in [2.75, 3.05) is 13.1 Å². The van der Waals surface area contributed by atoms with Gasteiger partial charge in [-0.2, -0.15) is 0 Å². The predicted molar refractivity (Wildman–Crippen MR) is 123 cm³/mol. The minimum atomic E-state index is -0.419. The molecule has 0 radical (unpaired) electrons. The molecule has 7 heteroatoms. The van der Waals surface area contributed by atoms with Crippen LogP contribution in [0.4, 0.5) is 4.39 Å². The molecular formula is C26H25FN4O2. The van der Waals surface area contributed by atoms with Crippen LogP contribution in [0.15, 0.2) is 77.3 Å². The molecule has 0 unspecified atom stereocenters. The largest absolute Gasteiger partial charge is 0.439 e. The summed E-state index contributed by atoms with van der Waals surface area (Å²) in [7, 11) is 0. The number of hydrogen-bond donors (Lipinski definition) is 1. The number of oxazole rings is 1. The van der Waals surface area contributed by atoms with Crippen LogP contribution < -0.4 is 5.32 Å². The van der Waals surface area contributed by atoms with Gasteiger partial charge < -0.3 is 9.73 Å². The second-order valence-electron chi connectivity index (χ2n) is 8.37. The van der Waals surface area contributed by atoms with E-state index in [1.54, 1.807) is 18.3 Å². The van der Waals surface area contributed by atoms with E-state index in [-0.39, 0.29) is 17.6 Å². The Hall–Kier alpha value is -3.58. The number of aromatic nitrogens is 2. The topological polar surface area (TPSA) is 71.3 Å². The summed E-state index contributed by atoms with van der Waals surface area (Å²) in [5.41, 5.74) is 3.19. The fourth-order valence-electron chi connectivity index (χ4n) is 4.32. The summed E-state index contributed by atoms with van der Waals surface area (Å²) >= 11 is 0. The number of para-hydroxylation sites is 2. The van der Waals surface area contributed by atoms with E-state index in [1.807, 2.05) is 42.5 Å². The van der Waals surface area contributed by atoms with Crippen molar-refractivity contribution in [3.8, 4) is 0 Å². The molecule has 0 aliphatic carbocycles. The van der Waals surface area contributed by atoms with Gasteiger partial charge in [0.25, 0.3) is 0 Å². The molecule has 6 nitrogen and oxygen atoms in total. The van der Waals surface area contributed by atoms with Crippen molar-refractivity contribution in [2.45, 2.75) is 25.4 Å². The smallest absolute Gasteiger partial charge is 0.224 e. The fraction of sp³-hybridized carbons (Fsp3) is 0.269. The third-order valence-electron chi connectivity index (χ3n) is 6.13. The third kappa shape index (κ3) is 4.93. The maximum Gasteiger partial charge on any atom is 0.224 e. The molecule has 2 aromatic carbocycles. The molecule has 1 amide bonds. The van der Waals surface area contributed by atoms with E-state index in [1.165, 1.54) is 12.1 Å². The number of rotatable bonds is 6. The van der Waals surface area contributed by atoms with Crippen molar-refractivity contribution in [1.29, 1.82) is 0 Å². The summed E-state index contributed by atoms with van der Waals surface area (Å²) in [6.45, 7) is 2.22. The van der Waals surface area contributed by atoms with Crippen molar-refractivity contribution >= 4 is 17.0 Å². The van der Waals surface area contributed by atoms with Gasteiger partial charge in [-0.1, -0.05) is 30.3 Å². The highest BCUT2D eigenvalue weighted by Gasteiger charge is 2.28. The summed E-state index contributed by atoms with van der Waals surface area (Å²) in [5, 5.41) is 3.15. The van der Waals surface area contributed by atoms with Crippen molar-refractivity contribution in [3.05, 3.63) is 95.9 Å². The summed E-state index contributed by atoms with van der Waals surface area (Å²) in [5.74, 6) is 0.301. The van der Waals surface area contributed by atoms with Gasteiger partial charge in [-0.3, -0.25) is 14.7 Å². The first-order valence-corrected chi connectivity index (χ1v) is 11.2. The van der Waals surface area contributed by atoms with Gasteiger partial charge in [0.2, 0.25) is 11.8 Å². The van der Waals surface area contributed by atoms with Crippen LogP contribution >= 0.6 is 0 Å². The first-order valence-electron chi connectivity index (χ1n) is 11.2. The highest BCUT2D eigenvalue weighted by molar-refractivity contribution is 5.79. The Labute approximate surface area is 191 Å². The van der Waals surface area contributed by atoms with E-state index < -0.39 is 6.04 Å². The number of amides is 1. The average molecular weight is 445 g/mol. The maximum absolute atomic E-state index is 13.4. The zero-order valence-corrected chi connectivity index (χ0v) is 18.2. The normalized spacial score (nSPS) is 16.0. The highest BCUT2D eigenvalue weighted by atomic mass is 19.1. The SMILES string of the molecule is O=C(N[C@H](c1ccc(F)cc1)c1ccccn1)C1CCN(Cc2nc3ccccc3o2)CC1. The number of piperidine rings is 1. The molecule has 5 rings (SSSR count). The number of nitrogens with one attached hydrogen (secondary N) is 1. The van der Waals surface area contributed by atoms with Crippen LogP contribution in [0.3, 0.4) is 0 Å². The van der Waals surface area contributed by atoms with Gasteiger partial charge in [0.1, 0.15) is 11.3 Å². The molecule has 1 fully saturated rings. The lowest BCUT2D eigenvalue weighted by atomic mass is 9.94. The van der Waals surface area contributed by atoms with E-state index >= 15 is 0 Å². The average Bonchev–Trinajstić information content (AvgIpc) is 3.26. The number of fused-ring (bicyclic) bond motifs is 1. The Morgan fingerprint density at radius 3 is 2.55 bits per heavy atom. The minimum Gasteiger partial charge on any atom is -0.439 e. The minimum absolute atomic E-state index is 0.00325. The van der Waals surface area contributed by atoms with Crippen molar-refractivity contribution in [2.24, 2.45) is 5.92 Å². The van der Waals surface area contributed by atoms with Crippen LogP contribution in [0.2, 0.25) is 0 Å². The second-order valence-corrected chi connectivity index (χ2v) is 8.37. The lowest BCUT2D eigenvalue weighted by Crippen LogP contribution is -2.41. The van der Waals surface area contributed by atoms with Crippen molar-refractivity contribution in [1.82, 2.24) is 20.2 Å². The molecular weight excluding hydrogens is 419 g/mol. The fourth-order valence-corrected chi connectivity index (χ4v) is 4.32. The van der Waals surface area contributed by atoms with E-state index in [4.69, 9.17) is 4.42 Å². The second kappa shape index (κ2) is 9.50. The zero-order chi connectivity index (χ0) is 22.6. The van der Waals surface area contributed by atoms with Gasteiger partial charge in [0.05, 0.1) is 18.3 Å². The molecule has 2 aromatic heterocycles. The number of pyridine rings is 1. The van der Waals surface area contributed by atoms with Crippen molar-refractivity contribution < 1.29 is 13.6 Å². The van der Waals surface area contributed by atoms with Crippen LogP contribution in [0, 0.1) is 11.7 Å². The van der Waals surface area contributed by atoms with E-state index in [9.17, 15) is 9.18 Å². The maximum atomic E-state index is 13.4. The Kier molecular flexibility index (Phi) is 6.13. The lowest BCUT2D eigenvalue weighted by Gasteiger charge is -2.31. The Morgan fingerprint density at radius 1 is 1.06 bits per heavy atom. The third-order valence-corrected chi connectivity index (χ3v) is 6.13. The molecule has 1 atom stereocenters. The number of nitrogens with zero attached hydrogens (tertiary/aromatic N) is 3. The van der Waals surface area contributed by atoms with Gasteiger partial charge in [-0.05, 0) is 67.9 Å². The first kappa shape index (κ1) is 21.3. The number of hydrogen-bond acceptors (Lipinski definition) is 5. The molecule has 1 saturated heterocycles. The molecule has 1 aliphatic rings. The van der Waals surface area contributed by atoms with Gasteiger partial charge >= 0.3 is 0 Å². The summed E-state index contributed by atoms with van der Waals surface area (Å²) in [6.07, 6.45) is 3.21. The van der Waals surface area contributed by atoms with Crippen LogP contribution in [0.25, 0.3) is 11.1 Å². The van der Waals surface area contributed by atoms with E-state index in [0.29, 0.717) is 12.4 Å². The van der Waals surface area contributed by atoms with Gasteiger partial charge in [0.15, 0.2) is 5.58 Å². The summed E-state index contributed by atoms with van der Waals surface area (Å²) < 4.78 is 19.3. The molecule has 1 aliphatic heterocycles. The molecule has 0 spiro atoms. The summed E-state index contributed by atoms with van der Waals surface area (Å²) in [6, 6.07) is 19.1. The van der Waals surface area contributed by atoms with Gasteiger partial charge in [-0.25, -0.2) is 9.37 Å². The van der Waals surface area contributed by atoms with E-state index in [2.05, 4.69) is 20.2 Å². The van der Waals surface area contributed by atoms with Gasteiger partial charge in [-0.15, -0.1) is 0 Å². The molecule has 33 heavy (non-hydrogen) atoms. The quantitative estimate of drug-likeness (QED) is 0.475. The van der Waals surface area contributed by atoms with Crippen LogP contribution in [0.5, 0.6) is 0 Å². The number of benzene rings is 2. The summed E-state index contributed by atoms with van der Waals surface area (Å²) in [4.78, 5) is 24.4.